The van der Waals surface area contributed by atoms with Crippen LogP contribution in [0.4, 0.5) is 0 Å². The van der Waals surface area contributed by atoms with Crippen molar-refractivity contribution in [3.05, 3.63) is 29.8 Å². The van der Waals surface area contributed by atoms with Crippen molar-refractivity contribution in [2.45, 2.75) is 18.9 Å². The summed E-state index contributed by atoms with van der Waals surface area (Å²) in [5, 5.41) is 9.15. The van der Waals surface area contributed by atoms with Gasteiger partial charge in [-0.1, -0.05) is 12.1 Å². The molecule has 0 unspecified atom stereocenters. The second-order valence-corrected chi connectivity index (χ2v) is 4.54. The number of carbonyl (C=O) groups excluding carboxylic acids is 1. The molecule has 108 valence electrons. The number of hydrogen-bond donors (Lipinski definition) is 1. The molecule has 1 amide bonds. The molecule has 1 fully saturated rings. The number of nitrogens with zero attached hydrogens (tertiary/aromatic N) is 1. The van der Waals surface area contributed by atoms with E-state index in [9.17, 15) is 9.59 Å². The molecule has 0 spiro atoms. The zero-order chi connectivity index (χ0) is 14.5. The van der Waals surface area contributed by atoms with E-state index in [1.807, 2.05) is 0 Å². The first-order valence-corrected chi connectivity index (χ1v) is 6.39. The molecule has 1 N–H and O–H groups in total. The van der Waals surface area contributed by atoms with Crippen LogP contribution in [0.5, 0.6) is 5.75 Å². The van der Waals surface area contributed by atoms with Crippen LogP contribution in [0, 0.1) is 0 Å². The van der Waals surface area contributed by atoms with Gasteiger partial charge in [0.1, 0.15) is 11.8 Å². The monoisotopic (exact) mass is 279 g/mol. The van der Waals surface area contributed by atoms with Crippen molar-refractivity contribution < 1.29 is 24.2 Å². The lowest BCUT2D eigenvalue weighted by molar-refractivity contribution is -0.141. The molecule has 1 aliphatic rings. The molecule has 6 nitrogen and oxygen atoms in total. The Kier molecular flexibility index (Phi) is 4.57. The number of rotatable bonds is 5. The van der Waals surface area contributed by atoms with Crippen molar-refractivity contribution in [1.29, 1.82) is 0 Å². The van der Waals surface area contributed by atoms with E-state index in [2.05, 4.69) is 0 Å². The summed E-state index contributed by atoms with van der Waals surface area (Å²) in [6, 6.07) is 6.01. The maximum absolute atomic E-state index is 12.5. The third-order valence-electron chi connectivity index (χ3n) is 3.25. The highest BCUT2D eigenvalue weighted by molar-refractivity contribution is 5.99. The van der Waals surface area contributed by atoms with Crippen molar-refractivity contribution in [3.8, 4) is 5.75 Å². The summed E-state index contributed by atoms with van der Waals surface area (Å²) in [7, 11) is 1.49. The van der Waals surface area contributed by atoms with Crippen LogP contribution in [0.1, 0.15) is 23.2 Å². The molecule has 1 atom stereocenters. The Balaban J connectivity index is 2.22. The van der Waals surface area contributed by atoms with E-state index in [1.165, 1.54) is 12.0 Å². The maximum Gasteiger partial charge on any atom is 0.326 e. The van der Waals surface area contributed by atoms with Gasteiger partial charge in [0.2, 0.25) is 0 Å². The second kappa shape index (κ2) is 6.38. The summed E-state index contributed by atoms with van der Waals surface area (Å²) >= 11 is 0. The molecule has 20 heavy (non-hydrogen) atoms. The molecule has 0 saturated carbocycles. The SMILES string of the molecule is COCOc1ccccc1C(=O)N1CCC[C@H]1C(=O)O. The fourth-order valence-electron chi connectivity index (χ4n) is 2.31. The lowest BCUT2D eigenvalue weighted by Crippen LogP contribution is -2.40. The fourth-order valence-corrected chi connectivity index (χ4v) is 2.31. The Morgan fingerprint density at radius 2 is 2.15 bits per heavy atom. The van der Waals surface area contributed by atoms with Crippen molar-refractivity contribution in [1.82, 2.24) is 4.90 Å². The van der Waals surface area contributed by atoms with E-state index in [0.29, 0.717) is 30.7 Å². The van der Waals surface area contributed by atoms with Crippen LogP contribution in [0.2, 0.25) is 0 Å². The van der Waals surface area contributed by atoms with Crippen LogP contribution in [0.15, 0.2) is 24.3 Å². The zero-order valence-electron chi connectivity index (χ0n) is 11.2. The Morgan fingerprint density at radius 3 is 2.85 bits per heavy atom. The van der Waals surface area contributed by atoms with Crippen molar-refractivity contribution in [2.24, 2.45) is 0 Å². The van der Waals surface area contributed by atoms with Crippen LogP contribution in [-0.4, -0.2) is 48.4 Å². The van der Waals surface area contributed by atoms with Gasteiger partial charge in [-0.2, -0.15) is 0 Å². The molecule has 1 saturated heterocycles. The predicted octanol–water partition coefficient (Wildman–Crippen LogP) is 1.36. The van der Waals surface area contributed by atoms with Gasteiger partial charge < -0.3 is 19.5 Å². The number of carbonyl (C=O) groups is 2. The zero-order valence-corrected chi connectivity index (χ0v) is 11.2. The van der Waals surface area contributed by atoms with E-state index in [0.717, 1.165) is 0 Å². The van der Waals surface area contributed by atoms with Gasteiger partial charge >= 0.3 is 5.97 Å². The van der Waals surface area contributed by atoms with Gasteiger partial charge in [-0.15, -0.1) is 0 Å². The Labute approximate surface area is 116 Å². The fraction of sp³-hybridized carbons (Fsp3) is 0.429. The lowest BCUT2D eigenvalue weighted by atomic mass is 10.1. The number of methoxy groups -OCH3 is 1. The van der Waals surface area contributed by atoms with Gasteiger partial charge in [-0.05, 0) is 25.0 Å². The smallest absolute Gasteiger partial charge is 0.326 e. The number of benzene rings is 1. The van der Waals surface area contributed by atoms with Crippen molar-refractivity contribution in [2.75, 3.05) is 20.4 Å². The topological polar surface area (TPSA) is 76.1 Å². The first-order valence-electron chi connectivity index (χ1n) is 6.39. The molecule has 1 heterocycles. The molecular formula is C14H17NO5. The molecule has 0 bridgehead atoms. The van der Waals surface area contributed by atoms with Gasteiger partial charge in [0, 0.05) is 13.7 Å². The van der Waals surface area contributed by atoms with Gasteiger partial charge in [0.05, 0.1) is 5.56 Å². The van der Waals surface area contributed by atoms with Gasteiger partial charge in [0.25, 0.3) is 5.91 Å². The van der Waals surface area contributed by atoms with Crippen molar-refractivity contribution >= 4 is 11.9 Å². The van der Waals surface area contributed by atoms with Crippen LogP contribution in [0.25, 0.3) is 0 Å². The quantitative estimate of drug-likeness (QED) is 0.824. The largest absolute Gasteiger partial charge is 0.480 e. The summed E-state index contributed by atoms with van der Waals surface area (Å²) in [6.45, 7) is 0.487. The van der Waals surface area contributed by atoms with Crippen molar-refractivity contribution in [3.63, 3.8) is 0 Å². The maximum atomic E-state index is 12.5. The molecule has 0 aromatic heterocycles. The highest BCUT2D eigenvalue weighted by Crippen LogP contribution is 2.25. The molecule has 1 aliphatic heterocycles. The summed E-state index contributed by atoms with van der Waals surface area (Å²) in [5.74, 6) is -0.886. The highest BCUT2D eigenvalue weighted by Gasteiger charge is 2.35. The third kappa shape index (κ3) is 2.91. The first kappa shape index (κ1) is 14.3. The summed E-state index contributed by atoms with van der Waals surface area (Å²) < 4.78 is 10.2. The molecule has 6 heteroatoms. The van der Waals surface area contributed by atoms with E-state index in [-0.39, 0.29) is 12.7 Å². The van der Waals surface area contributed by atoms with E-state index in [1.54, 1.807) is 24.3 Å². The van der Waals surface area contributed by atoms with Gasteiger partial charge in [-0.25, -0.2) is 4.79 Å². The molecule has 0 radical (unpaired) electrons. The van der Waals surface area contributed by atoms with Gasteiger partial charge in [0.15, 0.2) is 6.79 Å². The Hall–Kier alpha value is -2.08. The second-order valence-electron chi connectivity index (χ2n) is 4.54. The summed E-state index contributed by atoms with van der Waals surface area (Å²) in [6.07, 6.45) is 1.19. The highest BCUT2D eigenvalue weighted by atomic mass is 16.7. The predicted molar refractivity (Wildman–Crippen MR) is 70.6 cm³/mol. The normalized spacial score (nSPS) is 18.1. The Morgan fingerprint density at radius 1 is 1.40 bits per heavy atom. The molecule has 0 aliphatic carbocycles. The first-order chi connectivity index (χ1) is 9.65. The number of para-hydroxylation sites is 1. The lowest BCUT2D eigenvalue weighted by Gasteiger charge is -2.22. The van der Waals surface area contributed by atoms with Gasteiger partial charge in [-0.3, -0.25) is 4.79 Å². The molecule has 1 aromatic rings. The van der Waals surface area contributed by atoms with E-state index < -0.39 is 12.0 Å². The average Bonchev–Trinajstić information content (AvgIpc) is 2.94. The number of aliphatic carboxylic acids is 1. The van der Waals surface area contributed by atoms with Crippen LogP contribution < -0.4 is 4.74 Å². The van der Waals surface area contributed by atoms with Crippen LogP contribution >= 0.6 is 0 Å². The minimum Gasteiger partial charge on any atom is -0.480 e. The summed E-state index contributed by atoms with van der Waals surface area (Å²) in [5.41, 5.74) is 0.359. The standard InChI is InChI=1S/C14H17NO5/c1-19-9-20-12-7-3-2-5-10(12)13(16)15-8-4-6-11(15)14(17)18/h2-3,5,7,11H,4,6,8-9H2,1H3,(H,17,18)/t11-/m0/s1. The number of hydrogen-bond acceptors (Lipinski definition) is 4. The minimum atomic E-state index is -0.967. The molecule has 2 rings (SSSR count). The third-order valence-corrected chi connectivity index (χ3v) is 3.25. The van der Waals surface area contributed by atoms with Crippen LogP contribution in [0.3, 0.4) is 0 Å². The van der Waals surface area contributed by atoms with E-state index >= 15 is 0 Å². The number of ether oxygens (including phenoxy) is 2. The Bertz CT molecular complexity index is 502. The number of carboxylic acid groups (broad SMARTS) is 1. The molecular weight excluding hydrogens is 262 g/mol. The number of amides is 1. The van der Waals surface area contributed by atoms with E-state index in [4.69, 9.17) is 14.6 Å². The summed E-state index contributed by atoms with van der Waals surface area (Å²) in [4.78, 5) is 25.0. The minimum absolute atomic E-state index is 0.0344. The van der Waals surface area contributed by atoms with Crippen LogP contribution in [-0.2, 0) is 9.53 Å². The number of carboxylic acids is 1. The average molecular weight is 279 g/mol. The number of likely N-dealkylation sites (tertiary alicyclic amines) is 1. The molecule has 1 aromatic carbocycles.